The first-order chi connectivity index (χ1) is 11.5. The molecule has 0 aliphatic heterocycles. The number of halogens is 5. The van der Waals surface area contributed by atoms with Gasteiger partial charge >= 0.3 is 6.36 Å². The van der Waals surface area contributed by atoms with Crippen LogP contribution in [0, 0.1) is 0 Å². The van der Waals surface area contributed by atoms with Crippen LogP contribution in [0.15, 0.2) is 47.4 Å². The molecular weight excluding hydrogens is 402 g/mol. The molecule has 0 bridgehead atoms. The SMILES string of the molecule is CN(Cc1ccc(OC(F)(F)F)cc1)S(=O)(=O)c1c(Cl)cccc1Cl. The van der Waals surface area contributed by atoms with Crippen LogP contribution in [-0.2, 0) is 16.6 Å². The molecule has 10 heteroatoms. The molecule has 0 amide bonds. The average molecular weight is 414 g/mol. The van der Waals surface area contributed by atoms with Gasteiger partial charge in [0.2, 0.25) is 10.0 Å². The van der Waals surface area contributed by atoms with Crippen molar-refractivity contribution >= 4 is 33.2 Å². The first-order valence-corrected chi connectivity index (χ1v) is 8.95. The lowest BCUT2D eigenvalue weighted by atomic mass is 10.2. The third-order valence-electron chi connectivity index (χ3n) is 3.15. The van der Waals surface area contributed by atoms with Crippen molar-refractivity contribution < 1.29 is 26.3 Å². The highest BCUT2D eigenvalue weighted by atomic mass is 35.5. The number of hydrogen-bond donors (Lipinski definition) is 0. The molecule has 2 aromatic carbocycles. The van der Waals surface area contributed by atoms with E-state index in [0.29, 0.717) is 5.56 Å². The van der Waals surface area contributed by atoms with Gasteiger partial charge in [0.25, 0.3) is 0 Å². The molecule has 0 N–H and O–H groups in total. The van der Waals surface area contributed by atoms with Crippen LogP contribution in [0.2, 0.25) is 10.0 Å². The highest BCUT2D eigenvalue weighted by molar-refractivity contribution is 7.89. The van der Waals surface area contributed by atoms with Gasteiger partial charge in [-0.25, -0.2) is 8.42 Å². The van der Waals surface area contributed by atoms with Crippen LogP contribution in [0.1, 0.15) is 5.56 Å². The summed E-state index contributed by atoms with van der Waals surface area (Å²) >= 11 is 11.9. The quantitative estimate of drug-likeness (QED) is 0.712. The van der Waals surface area contributed by atoms with Crippen molar-refractivity contribution in [2.45, 2.75) is 17.8 Å². The first kappa shape index (κ1) is 19.8. The molecule has 136 valence electrons. The van der Waals surface area contributed by atoms with Crippen LogP contribution in [0.5, 0.6) is 5.75 Å². The Morgan fingerprint density at radius 3 is 2.04 bits per heavy atom. The fourth-order valence-corrected chi connectivity index (χ4v) is 4.27. The molecule has 0 atom stereocenters. The Morgan fingerprint density at radius 2 is 1.56 bits per heavy atom. The van der Waals surface area contributed by atoms with Crippen molar-refractivity contribution in [3.8, 4) is 5.75 Å². The van der Waals surface area contributed by atoms with Crippen LogP contribution in [0.4, 0.5) is 13.2 Å². The standard InChI is InChI=1S/C15H12Cl2F3NO3S/c1-21(25(22,23)14-12(16)3-2-4-13(14)17)9-10-5-7-11(8-6-10)24-15(18,19)20/h2-8H,9H2,1H3. The van der Waals surface area contributed by atoms with Gasteiger partial charge in [0.1, 0.15) is 10.6 Å². The topological polar surface area (TPSA) is 46.6 Å². The lowest BCUT2D eigenvalue weighted by molar-refractivity contribution is -0.274. The molecule has 25 heavy (non-hydrogen) atoms. The monoisotopic (exact) mass is 413 g/mol. The molecule has 0 aliphatic carbocycles. The van der Waals surface area contributed by atoms with Crippen molar-refractivity contribution in [3.05, 3.63) is 58.1 Å². The summed E-state index contributed by atoms with van der Waals surface area (Å²) in [6.45, 7) is -0.0871. The second-order valence-electron chi connectivity index (χ2n) is 5.00. The maximum absolute atomic E-state index is 12.6. The maximum atomic E-state index is 12.6. The number of hydrogen-bond acceptors (Lipinski definition) is 3. The summed E-state index contributed by atoms with van der Waals surface area (Å²) < 4.78 is 66.4. The number of alkyl halides is 3. The normalized spacial score (nSPS) is 12.4. The molecule has 0 aromatic heterocycles. The van der Waals surface area contributed by atoms with Gasteiger partial charge in [-0.05, 0) is 29.8 Å². The zero-order valence-electron chi connectivity index (χ0n) is 12.7. The van der Waals surface area contributed by atoms with Gasteiger partial charge in [-0.15, -0.1) is 13.2 Å². The number of ether oxygens (including phenoxy) is 1. The molecule has 0 saturated heterocycles. The zero-order chi connectivity index (χ0) is 18.8. The summed E-state index contributed by atoms with van der Waals surface area (Å²) in [6.07, 6.45) is -4.79. The van der Waals surface area contributed by atoms with E-state index >= 15 is 0 Å². The van der Waals surface area contributed by atoms with Gasteiger partial charge in [0.15, 0.2) is 0 Å². The maximum Gasteiger partial charge on any atom is 0.573 e. The Morgan fingerprint density at radius 1 is 1.04 bits per heavy atom. The minimum Gasteiger partial charge on any atom is -0.406 e. The van der Waals surface area contributed by atoms with Gasteiger partial charge in [-0.3, -0.25) is 0 Å². The van der Waals surface area contributed by atoms with Crippen LogP contribution in [0.25, 0.3) is 0 Å². The summed E-state index contributed by atoms with van der Waals surface area (Å²) in [5, 5.41) is -0.0402. The van der Waals surface area contributed by atoms with E-state index < -0.39 is 22.1 Å². The fourth-order valence-electron chi connectivity index (χ4n) is 2.02. The van der Waals surface area contributed by atoms with Gasteiger partial charge in [-0.1, -0.05) is 41.4 Å². The van der Waals surface area contributed by atoms with Crippen molar-refractivity contribution in [2.24, 2.45) is 0 Å². The van der Waals surface area contributed by atoms with E-state index in [1.165, 1.54) is 37.4 Å². The zero-order valence-corrected chi connectivity index (χ0v) is 15.0. The lowest BCUT2D eigenvalue weighted by Gasteiger charge is -2.19. The molecule has 0 heterocycles. The smallest absolute Gasteiger partial charge is 0.406 e. The predicted octanol–water partition coefficient (Wildman–Crippen LogP) is 4.71. The van der Waals surface area contributed by atoms with Crippen molar-refractivity contribution in [1.29, 1.82) is 0 Å². The predicted molar refractivity (Wildman–Crippen MR) is 88.2 cm³/mol. The fraction of sp³-hybridized carbons (Fsp3) is 0.200. The molecule has 0 saturated carbocycles. The Kier molecular flexibility index (Phi) is 5.88. The van der Waals surface area contributed by atoms with E-state index in [1.807, 2.05) is 0 Å². The first-order valence-electron chi connectivity index (χ1n) is 6.76. The van der Waals surface area contributed by atoms with E-state index in [0.717, 1.165) is 16.4 Å². The van der Waals surface area contributed by atoms with Crippen LogP contribution in [-0.4, -0.2) is 26.1 Å². The number of rotatable bonds is 5. The largest absolute Gasteiger partial charge is 0.573 e. The Labute approximate surface area is 152 Å². The summed E-state index contributed by atoms with van der Waals surface area (Å²) in [6, 6.07) is 9.19. The molecule has 0 spiro atoms. The molecular formula is C15H12Cl2F3NO3S. The second-order valence-corrected chi connectivity index (χ2v) is 7.80. The third-order valence-corrected chi connectivity index (χ3v) is 5.91. The summed E-state index contributed by atoms with van der Waals surface area (Å²) in [5.41, 5.74) is 0.462. The Balaban J connectivity index is 2.20. The van der Waals surface area contributed by atoms with E-state index in [2.05, 4.69) is 4.74 Å². The molecule has 0 unspecified atom stereocenters. The Bertz CT molecular complexity index is 835. The number of benzene rings is 2. The van der Waals surface area contributed by atoms with Crippen molar-refractivity contribution in [3.63, 3.8) is 0 Å². The Hall–Kier alpha value is -1.48. The molecule has 4 nitrogen and oxygen atoms in total. The van der Waals surface area contributed by atoms with E-state index in [-0.39, 0.29) is 21.5 Å². The molecule has 0 radical (unpaired) electrons. The van der Waals surface area contributed by atoms with E-state index in [9.17, 15) is 21.6 Å². The highest BCUT2D eigenvalue weighted by Crippen LogP contribution is 2.31. The van der Waals surface area contributed by atoms with Crippen LogP contribution < -0.4 is 4.74 Å². The van der Waals surface area contributed by atoms with Crippen molar-refractivity contribution in [2.75, 3.05) is 7.05 Å². The van der Waals surface area contributed by atoms with E-state index in [1.54, 1.807) is 0 Å². The molecule has 2 aromatic rings. The van der Waals surface area contributed by atoms with Gasteiger partial charge < -0.3 is 4.74 Å². The third kappa shape index (κ3) is 5.01. The van der Waals surface area contributed by atoms with Gasteiger partial charge in [0.05, 0.1) is 10.0 Å². The molecule has 0 aliphatic rings. The molecule has 0 fully saturated rings. The van der Waals surface area contributed by atoms with Crippen molar-refractivity contribution in [1.82, 2.24) is 4.31 Å². The van der Waals surface area contributed by atoms with E-state index in [4.69, 9.17) is 23.2 Å². The lowest BCUT2D eigenvalue weighted by Crippen LogP contribution is -2.27. The summed E-state index contributed by atoms with van der Waals surface area (Å²) in [4.78, 5) is -0.224. The molecule has 2 rings (SSSR count). The summed E-state index contributed by atoms with van der Waals surface area (Å²) in [5.74, 6) is -0.393. The van der Waals surface area contributed by atoms with Gasteiger partial charge in [0, 0.05) is 13.6 Å². The summed E-state index contributed by atoms with van der Waals surface area (Å²) in [7, 11) is -2.66. The number of nitrogens with zero attached hydrogens (tertiary/aromatic N) is 1. The average Bonchev–Trinajstić information content (AvgIpc) is 2.47. The second kappa shape index (κ2) is 7.41. The number of sulfonamides is 1. The minimum absolute atomic E-state index is 0.0201. The highest BCUT2D eigenvalue weighted by Gasteiger charge is 2.31. The van der Waals surface area contributed by atoms with Crippen LogP contribution >= 0.6 is 23.2 Å². The van der Waals surface area contributed by atoms with Gasteiger partial charge in [-0.2, -0.15) is 4.31 Å². The minimum atomic E-state index is -4.79. The van der Waals surface area contributed by atoms with Crippen LogP contribution in [0.3, 0.4) is 0 Å².